The smallest absolute Gasteiger partial charge is 0.124 e. The number of hydrogen-bond donors (Lipinski definition) is 1. The molecule has 0 aliphatic carbocycles. The molecule has 0 saturated heterocycles. The number of halogens is 1. The average molecular weight is 365 g/mol. The molecule has 1 aromatic heterocycles. The molecule has 25 heavy (non-hydrogen) atoms. The molecule has 0 aliphatic rings. The van der Waals surface area contributed by atoms with Gasteiger partial charge >= 0.3 is 0 Å². The Morgan fingerprint density at radius 2 is 1.84 bits per heavy atom. The second-order valence-corrected chi connectivity index (χ2v) is 7.52. The van der Waals surface area contributed by atoms with Gasteiger partial charge in [0.2, 0.25) is 0 Å². The molecule has 4 aromatic rings. The third-order valence-electron chi connectivity index (χ3n) is 4.06. The number of aryl methyl sites for hydroxylation is 1. The van der Waals surface area contributed by atoms with Gasteiger partial charge in [0, 0.05) is 22.8 Å². The lowest BCUT2D eigenvalue weighted by Gasteiger charge is -2.07. The van der Waals surface area contributed by atoms with Crippen molar-refractivity contribution in [3.63, 3.8) is 0 Å². The van der Waals surface area contributed by atoms with Gasteiger partial charge in [0.05, 0.1) is 10.2 Å². The lowest BCUT2D eigenvalue weighted by atomic mass is 10.2. The number of nitrogens with zero attached hydrogens (tertiary/aromatic N) is 1. The number of thiazole rings is 1. The number of hydrogen-bond acceptors (Lipinski definition) is 3. The standard InChI is InChI=1S/C21H17ClN2S/c1-14-5-10-19-20(11-14)25-21(24-19)16-6-8-18(9-7-16)23-13-15-3-2-4-17(22)12-15/h2-12,23H,13H2,1H3. The van der Waals surface area contributed by atoms with Gasteiger partial charge in [0.25, 0.3) is 0 Å². The predicted molar refractivity (Wildman–Crippen MR) is 109 cm³/mol. The van der Waals surface area contributed by atoms with E-state index in [-0.39, 0.29) is 0 Å². The third-order valence-corrected chi connectivity index (χ3v) is 5.36. The molecule has 1 N–H and O–H groups in total. The Balaban J connectivity index is 1.50. The van der Waals surface area contributed by atoms with E-state index in [1.165, 1.54) is 10.3 Å². The molecule has 1 heterocycles. The minimum Gasteiger partial charge on any atom is -0.381 e. The second kappa shape index (κ2) is 6.87. The first-order valence-electron chi connectivity index (χ1n) is 8.13. The highest BCUT2D eigenvalue weighted by Crippen LogP contribution is 2.31. The van der Waals surface area contributed by atoms with Gasteiger partial charge in [-0.3, -0.25) is 0 Å². The summed E-state index contributed by atoms with van der Waals surface area (Å²) in [6, 6.07) is 22.7. The van der Waals surface area contributed by atoms with Crippen molar-refractivity contribution in [1.29, 1.82) is 0 Å². The molecular weight excluding hydrogens is 348 g/mol. The van der Waals surface area contributed by atoms with Crippen LogP contribution < -0.4 is 5.32 Å². The zero-order valence-electron chi connectivity index (χ0n) is 13.8. The highest BCUT2D eigenvalue weighted by Gasteiger charge is 2.06. The Hall–Kier alpha value is -2.36. The van der Waals surface area contributed by atoms with Crippen molar-refractivity contribution in [2.24, 2.45) is 0 Å². The van der Waals surface area contributed by atoms with Crippen molar-refractivity contribution < 1.29 is 0 Å². The SMILES string of the molecule is Cc1ccc2nc(-c3ccc(NCc4cccc(Cl)c4)cc3)sc2c1. The summed E-state index contributed by atoms with van der Waals surface area (Å²) in [7, 11) is 0. The zero-order valence-corrected chi connectivity index (χ0v) is 15.4. The molecule has 0 atom stereocenters. The first kappa shape index (κ1) is 16.1. The van der Waals surface area contributed by atoms with Crippen LogP contribution >= 0.6 is 22.9 Å². The van der Waals surface area contributed by atoms with E-state index in [0.29, 0.717) is 0 Å². The summed E-state index contributed by atoms with van der Waals surface area (Å²) < 4.78 is 1.23. The summed E-state index contributed by atoms with van der Waals surface area (Å²) >= 11 is 7.76. The normalized spacial score (nSPS) is 11.0. The molecule has 2 nitrogen and oxygen atoms in total. The van der Waals surface area contributed by atoms with Crippen molar-refractivity contribution in [1.82, 2.24) is 4.98 Å². The molecule has 0 saturated carbocycles. The number of rotatable bonds is 4. The van der Waals surface area contributed by atoms with E-state index < -0.39 is 0 Å². The summed E-state index contributed by atoms with van der Waals surface area (Å²) in [6.45, 7) is 2.86. The molecule has 0 radical (unpaired) electrons. The van der Waals surface area contributed by atoms with Gasteiger partial charge in [-0.1, -0.05) is 29.8 Å². The van der Waals surface area contributed by atoms with Gasteiger partial charge in [0.1, 0.15) is 5.01 Å². The number of aromatic nitrogens is 1. The highest BCUT2D eigenvalue weighted by molar-refractivity contribution is 7.21. The monoisotopic (exact) mass is 364 g/mol. The fourth-order valence-electron chi connectivity index (χ4n) is 2.74. The molecular formula is C21H17ClN2S. The largest absolute Gasteiger partial charge is 0.381 e. The Bertz CT molecular complexity index is 1020. The average Bonchev–Trinajstić information content (AvgIpc) is 3.03. The third kappa shape index (κ3) is 3.68. The molecule has 0 amide bonds. The summed E-state index contributed by atoms with van der Waals surface area (Å²) in [5, 5.41) is 5.25. The van der Waals surface area contributed by atoms with E-state index in [0.717, 1.165) is 38.9 Å². The van der Waals surface area contributed by atoms with Crippen LogP contribution in [0.1, 0.15) is 11.1 Å². The van der Waals surface area contributed by atoms with E-state index >= 15 is 0 Å². The van der Waals surface area contributed by atoms with E-state index in [2.05, 4.69) is 60.8 Å². The van der Waals surface area contributed by atoms with Crippen LogP contribution in [0.15, 0.2) is 66.7 Å². The molecule has 4 rings (SSSR count). The van der Waals surface area contributed by atoms with Gasteiger partial charge < -0.3 is 5.32 Å². The van der Waals surface area contributed by atoms with E-state index in [1.807, 2.05) is 18.2 Å². The molecule has 0 fully saturated rings. The van der Waals surface area contributed by atoms with Gasteiger partial charge in [-0.05, 0) is 66.6 Å². The summed E-state index contributed by atoms with van der Waals surface area (Å²) in [5.41, 5.74) is 5.72. The molecule has 0 unspecified atom stereocenters. The number of anilines is 1. The van der Waals surface area contributed by atoms with E-state index in [4.69, 9.17) is 16.6 Å². The van der Waals surface area contributed by atoms with Crippen molar-refractivity contribution in [3.8, 4) is 10.6 Å². The molecule has 3 aromatic carbocycles. The van der Waals surface area contributed by atoms with Crippen LogP contribution in [0.2, 0.25) is 5.02 Å². The molecule has 0 aliphatic heterocycles. The predicted octanol–water partition coefficient (Wildman–Crippen LogP) is 6.54. The number of nitrogens with one attached hydrogen (secondary N) is 1. The summed E-state index contributed by atoms with van der Waals surface area (Å²) in [4.78, 5) is 4.74. The lowest BCUT2D eigenvalue weighted by molar-refractivity contribution is 1.15. The quantitative estimate of drug-likeness (QED) is 0.444. The van der Waals surface area contributed by atoms with Crippen molar-refractivity contribution in [2.45, 2.75) is 13.5 Å². The van der Waals surface area contributed by atoms with Crippen LogP contribution in [-0.2, 0) is 6.54 Å². The Morgan fingerprint density at radius 1 is 1.00 bits per heavy atom. The first-order valence-corrected chi connectivity index (χ1v) is 9.33. The van der Waals surface area contributed by atoms with Crippen LogP contribution in [0.4, 0.5) is 5.69 Å². The van der Waals surface area contributed by atoms with E-state index in [9.17, 15) is 0 Å². The van der Waals surface area contributed by atoms with Crippen molar-refractivity contribution in [2.75, 3.05) is 5.32 Å². The zero-order chi connectivity index (χ0) is 17.2. The lowest BCUT2D eigenvalue weighted by Crippen LogP contribution is -1.98. The van der Waals surface area contributed by atoms with Crippen LogP contribution in [0.5, 0.6) is 0 Å². The maximum Gasteiger partial charge on any atom is 0.124 e. The maximum atomic E-state index is 6.02. The van der Waals surface area contributed by atoms with Gasteiger partial charge in [-0.2, -0.15) is 0 Å². The highest BCUT2D eigenvalue weighted by atomic mass is 35.5. The molecule has 124 valence electrons. The minimum atomic E-state index is 0.750. The van der Waals surface area contributed by atoms with Crippen LogP contribution in [0.3, 0.4) is 0 Å². The summed E-state index contributed by atoms with van der Waals surface area (Å²) in [6.07, 6.45) is 0. The Morgan fingerprint density at radius 3 is 2.64 bits per heavy atom. The molecule has 4 heteroatoms. The van der Waals surface area contributed by atoms with Crippen LogP contribution in [-0.4, -0.2) is 4.98 Å². The van der Waals surface area contributed by atoms with Crippen LogP contribution in [0.25, 0.3) is 20.8 Å². The van der Waals surface area contributed by atoms with Crippen molar-refractivity contribution >= 4 is 38.8 Å². The van der Waals surface area contributed by atoms with Gasteiger partial charge in [0.15, 0.2) is 0 Å². The topological polar surface area (TPSA) is 24.9 Å². The first-order chi connectivity index (χ1) is 12.2. The Kier molecular flexibility index (Phi) is 4.43. The molecule has 0 bridgehead atoms. The van der Waals surface area contributed by atoms with Crippen LogP contribution in [0, 0.1) is 6.92 Å². The van der Waals surface area contributed by atoms with Gasteiger partial charge in [-0.15, -0.1) is 11.3 Å². The number of benzene rings is 3. The van der Waals surface area contributed by atoms with E-state index in [1.54, 1.807) is 11.3 Å². The Labute approximate surface area is 156 Å². The maximum absolute atomic E-state index is 6.02. The number of fused-ring (bicyclic) bond motifs is 1. The minimum absolute atomic E-state index is 0.750. The second-order valence-electron chi connectivity index (χ2n) is 6.05. The van der Waals surface area contributed by atoms with Gasteiger partial charge in [-0.25, -0.2) is 4.98 Å². The summed E-state index contributed by atoms with van der Waals surface area (Å²) in [5.74, 6) is 0. The fraction of sp³-hybridized carbons (Fsp3) is 0.0952. The fourth-order valence-corrected chi connectivity index (χ4v) is 4.02. The molecule has 0 spiro atoms. The van der Waals surface area contributed by atoms with Crippen molar-refractivity contribution in [3.05, 3.63) is 82.9 Å².